The molecule has 0 saturated carbocycles. The highest BCUT2D eigenvalue weighted by Gasteiger charge is 2.30. The zero-order valence-electron chi connectivity index (χ0n) is 53.7. The Morgan fingerprint density at radius 2 is 0.855 bits per heavy atom. The zero-order chi connectivity index (χ0) is 60.1. The van der Waals surface area contributed by atoms with Crippen LogP contribution in [0.25, 0.3) is 72.6 Å². The third kappa shape index (κ3) is 12.0. The lowest BCUT2D eigenvalue weighted by Gasteiger charge is -2.28. The van der Waals surface area contributed by atoms with Crippen LogP contribution in [-0.2, 0) is 37.9 Å². The van der Waals surface area contributed by atoms with Crippen molar-refractivity contribution in [3.8, 4) is 62.3 Å². The number of hydrogen-bond donors (Lipinski definition) is 0. The van der Waals surface area contributed by atoms with E-state index in [1.54, 1.807) is 0 Å². The molecule has 0 atom stereocenters. The van der Waals surface area contributed by atoms with E-state index in [4.69, 9.17) is 14.8 Å². The van der Waals surface area contributed by atoms with Crippen molar-refractivity contribution >= 4 is 21.8 Å². The van der Waals surface area contributed by atoms with Gasteiger partial charge >= 0.3 is 0 Å². The smallest absolute Gasteiger partial charge is 0.233 e. The minimum Gasteiger partial charge on any atom is -0.458 e. The van der Waals surface area contributed by atoms with Gasteiger partial charge in [-0.15, -0.1) is 0 Å². The van der Waals surface area contributed by atoms with Crippen LogP contribution in [0.15, 0.2) is 158 Å². The monoisotopic (exact) mass is 1100 g/mol. The second kappa shape index (κ2) is 20.6. The lowest BCUT2D eigenvalue weighted by Crippen LogP contribution is -2.33. The summed E-state index contributed by atoms with van der Waals surface area (Å²) in [6.45, 7) is 48.4. The Labute approximate surface area is 496 Å². The molecular formula is C77H89N5O. The summed E-state index contributed by atoms with van der Waals surface area (Å²) in [6, 6.07) is 56.0. The summed E-state index contributed by atoms with van der Waals surface area (Å²) in [5.74, 6) is 3.06. The van der Waals surface area contributed by atoms with Gasteiger partial charge in [-0.2, -0.15) is 4.68 Å². The van der Waals surface area contributed by atoms with Gasteiger partial charge in [0.1, 0.15) is 17.3 Å². The number of hydrogen-bond acceptors (Lipinski definition) is 3. The molecule has 0 aliphatic carbocycles. The highest BCUT2D eigenvalue weighted by molar-refractivity contribution is 6.09. The number of para-hydroxylation sites is 1. The Hall–Kier alpha value is -7.57. The maximum atomic E-state index is 6.94. The van der Waals surface area contributed by atoms with E-state index in [1.165, 1.54) is 38.9 Å². The van der Waals surface area contributed by atoms with Crippen molar-refractivity contribution in [3.63, 3.8) is 0 Å². The molecule has 6 heteroatoms. The highest BCUT2D eigenvalue weighted by Crippen LogP contribution is 2.45. The summed E-state index contributed by atoms with van der Waals surface area (Å²) in [6.07, 6.45) is 5.82. The number of nitrogens with zero attached hydrogens (tertiary/aromatic N) is 5. The van der Waals surface area contributed by atoms with E-state index in [9.17, 15) is 0 Å². The normalized spacial score (nSPS) is 13.1. The maximum absolute atomic E-state index is 6.94. The molecule has 83 heavy (non-hydrogen) atoms. The standard InChI is InChI=1S/C77H89N5O/c1-71(2,3)51-34-35-78-68(45-51)82-66-31-23-22-28-64(66)65-33-32-61(47-67(65)82)83-60-27-24-26-58(46-60)81-48-80(59-43-56(76(16,17)18)42-57(44-59)77(19,20)21)70(79-81)69-62(49-36-52(72(4,5)6)40-53(37-49)73(7,8)9)29-25-30-63(69)50-38-54(74(10,11)12)41-55(39-50)75(13,14)15/h22-47H,1-21H3. The summed E-state index contributed by atoms with van der Waals surface area (Å²) in [4.78, 5) is 4.95. The van der Waals surface area contributed by atoms with Crippen LogP contribution in [0.5, 0.6) is 11.5 Å². The van der Waals surface area contributed by atoms with Crippen LogP contribution in [0.3, 0.4) is 0 Å². The molecule has 0 radical (unpaired) electrons. The average Bonchev–Trinajstić information content (AvgIpc) is 2.40. The number of rotatable bonds is 8. The second-order valence-electron chi connectivity index (χ2n) is 30.5. The maximum Gasteiger partial charge on any atom is 0.233 e. The Balaban J connectivity index is 1.23. The molecule has 0 aliphatic rings. The predicted molar refractivity (Wildman–Crippen MR) is 350 cm³/mol. The Morgan fingerprint density at radius 1 is 0.398 bits per heavy atom. The third-order valence-electron chi connectivity index (χ3n) is 16.5. The van der Waals surface area contributed by atoms with Gasteiger partial charge in [-0.25, -0.2) is 4.98 Å². The van der Waals surface area contributed by atoms with Crippen molar-refractivity contribution in [2.45, 2.75) is 183 Å². The van der Waals surface area contributed by atoms with Crippen LogP contribution in [-0.4, -0.2) is 19.3 Å². The molecule has 428 valence electrons. The van der Waals surface area contributed by atoms with E-state index in [0.29, 0.717) is 5.75 Å². The van der Waals surface area contributed by atoms with Gasteiger partial charge in [-0.05, 0) is 147 Å². The largest absolute Gasteiger partial charge is 0.458 e. The topological polar surface area (TPSA) is 48.8 Å². The lowest BCUT2D eigenvalue weighted by atomic mass is 9.77. The molecule has 3 aromatic heterocycles. The van der Waals surface area contributed by atoms with Crippen molar-refractivity contribution in [1.29, 1.82) is 0 Å². The molecule has 0 fully saturated rings. The summed E-state index contributed by atoms with van der Waals surface area (Å²) in [5, 5.41) is 8.11. The molecule has 7 aromatic carbocycles. The Bertz CT molecular complexity index is 3900. The van der Waals surface area contributed by atoms with Gasteiger partial charge in [0.15, 0.2) is 0 Å². The van der Waals surface area contributed by atoms with Gasteiger partial charge in [0.25, 0.3) is 0 Å². The highest BCUT2D eigenvalue weighted by atomic mass is 16.5. The van der Waals surface area contributed by atoms with Gasteiger partial charge in [0, 0.05) is 34.3 Å². The van der Waals surface area contributed by atoms with Crippen molar-refractivity contribution < 1.29 is 9.30 Å². The summed E-state index contributed by atoms with van der Waals surface area (Å²) >= 11 is 0. The zero-order valence-corrected chi connectivity index (χ0v) is 53.7. The van der Waals surface area contributed by atoms with Crippen LogP contribution < -0.4 is 9.30 Å². The van der Waals surface area contributed by atoms with Gasteiger partial charge in [0.2, 0.25) is 12.2 Å². The van der Waals surface area contributed by atoms with Crippen LogP contribution in [0.1, 0.15) is 184 Å². The molecule has 0 spiro atoms. The molecule has 10 aromatic rings. The van der Waals surface area contributed by atoms with Crippen LogP contribution in [0.2, 0.25) is 0 Å². The molecular weight excluding hydrogens is 1010 g/mol. The quantitative estimate of drug-likeness (QED) is 0.113. The van der Waals surface area contributed by atoms with E-state index < -0.39 is 0 Å². The summed E-state index contributed by atoms with van der Waals surface area (Å²) in [5.41, 5.74) is 17.7. The van der Waals surface area contributed by atoms with Crippen LogP contribution >= 0.6 is 0 Å². The SMILES string of the molecule is CC(C)(C)c1cc(-c2cccc(-c3cc(C(C)(C)C)cc(C(C)(C)C)c3)c2-c2nn(-c3cccc(Oc4ccc5c6ccccc6n(-c6cc(C(C)(C)C)ccn6)c5c4)c3)[c-][n+]2-c2cc(C(C)(C)C)cc(C(C)(C)C)c2)cc(C(C)(C)C)c1. The number of fused-ring (bicyclic) bond motifs is 3. The molecule has 0 bridgehead atoms. The minimum atomic E-state index is -0.140. The lowest BCUT2D eigenvalue weighted by molar-refractivity contribution is -0.589. The third-order valence-corrected chi connectivity index (χ3v) is 16.5. The second-order valence-corrected chi connectivity index (χ2v) is 30.5. The fraction of sp³-hybridized carbons (Fsp3) is 0.364. The number of pyridine rings is 1. The molecule has 3 heterocycles. The predicted octanol–water partition coefficient (Wildman–Crippen LogP) is 20.3. The van der Waals surface area contributed by atoms with Crippen molar-refractivity contribution in [2.24, 2.45) is 0 Å². The first-order valence-corrected chi connectivity index (χ1v) is 29.9. The average molecular weight is 1100 g/mol. The molecule has 10 rings (SSSR count). The molecule has 0 N–H and O–H groups in total. The van der Waals surface area contributed by atoms with Crippen LogP contribution in [0.4, 0.5) is 0 Å². The molecule has 0 aliphatic heterocycles. The first-order chi connectivity index (χ1) is 38.5. The van der Waals surface area contributed by atoms with Crippen molar-refractivity contribution in [2.75, 3.05) is 0 Å². The molecule has 0 amide bonds. The van der Waals surface area contributed by atoms with E-state index in [2.05, 4.69) is 306 Å². The number of aromatic nitrogens is 5. The fourth-order valence-corrected chi connectivity index (χ4v) is 11.0. The molecule has 0 saturated heterocycles. The Kier molecular flexibility index (Phi) is 14.6. The van der Waals surface area contributed by atoms with Gasteiger partial charge in [0.05, 0.1) is 16.7 Å². The van der Waals surface area contributed by atoms with Crippen LogP contribution in [0, 0.1) is 6.33 Å². The first kappa shape index (κ1) is 58.6. The van der Waals surface area contributed by atoms with E-state index in [1.807, 2.05) is 16.9 Å². The number of ether oxygens (including phenoxy) is 1. The summed E-state index contributed by atoms with van der Waals surface area (Å²) < 4.78 is 13.4. The number of benzene rings is 7. The minimum absolute atomic E-state index is 0.0400. The van der Waals surface area contributed by atoms with Crippen molar-refractivity contribution in [1.82, 2.24) is 19.3 Å². The summed E-state index contributed by atoms with van der Waals surface area (Å²) in [7, 11) is 0. The van der Waals surface area contributed by atoms with Crippen molar-refractivity contribution in [3.05, 3.63) is 203 Å². The molecule has 6 nitrogen and oxygen atoms in total. The van der Waals surface area contributed by atoms with Gasteiger partial charge in [-0.1, -0.05) is 249 Å². The van der Waals surface area contributed by atoms with E-state index in [-0.39, 0.29) is 37.9 Å². The Morgan fingerprint density at radius 3 is 1.36 bits per heavy atom. The van der Waals surface area contributed by atoms with Gasteiger partial charge in [-0.3, -0.25) is 4.57 Å². The van der Waals surface area contributed by atoms with Gasteiger partial charge < -0.3 is 9.30 Å². The molecule has 0 unspecified atom stereocenters. The first-order valence-electron chi connectivity index (χ1n) is 29.9. The fourth-order valence-electron chi connectivity index (χ4n) is 11.0. The van der Waals surface area contributed by atoms with E-state index >= 15 is 0 Å². The van der Waals surface area contributed by atoms with E-state index in [0.717, 1.165) is 78.4 Å².